The molecule has 1 aliphatic heterocycles. The van der Waals surface area contributed by atoms with Gasteiger partial charge in [-0.1, -0.05) is 38.5 Å². The number of hydrogen-bond acceptors (Lipinski definition) is 3. The number of amides is 1. The van der Waals surface area contributed by atoms with Gasteiger partial charge in [0, 0.05) is 44.3 Å². The molecule has 1 aliphatic carbocycles. The molecular weight excluding hydrogens is 350 g/mol. The molecule has 1 saturated carbocycles. The number of carbonyl (C=O) groups excluding carboxylic acids is 1. The van der Waals surface area contributed by atoms with E-state index in [4.69, 9.17) is 5.73 Å². The molecule has 0 aromatic heterocycles. The Hall–Kier alpha value is -2.08. The van der Waals surface area contributed by atoms with E-state index >= 15 is 0 Å². The van der Waals surface area contributed by atoms with Crippen molar-refractivity contribution in [2.45, 2.75) is 46.0 Å². The number of anilines is 1. The molecule has 154 valence electrons. The Morgan fingerprint density at radius 3 is 2.32 bits per heavy atom. The summed E-state index contributed by atoms with van der Waals surface area (Å²) in [6.07, 6.45) is 5.31. The van der Waals surface area contributed by atoms with Crippen LogP contribution in [-0.2, 0) is 17.6 Å². The van der Waals surface area contributed by atoms with E-state index in [0.717, 1.165) is 64.1 Å². The smallest absolute Gasteiger partial charge is 0.225 e. The number of carbonyl (C=O) groups is 1. The highest BCUT2D eigenvalue weighted by atomic mass is 16.2. The van der Waals surface area contributed by atoms with Gasteiger partial charge in [-0.3, -0.25) is 14.7 Å². The van der Waals surface area contributed by atoms with Gasteiger partial charge in [0.15, 0.2) is 5.96 Å². The number of benzene rings is 1. The maximum absolute atomic E-state index is 12.3. The monoisotopic (exact) mass is 385 g/mol. The highest BCUT2D eigenvalue weighted by molar-refractivity contribution is 5.93. The first kappa shape index (κ1) is 20.6. The van der Waals surface area contributed by atoms with Crippen molar-refractivity contribution in [3.05, 3.63) is 29.3 Å². The fraction of sp³-hybridized carbons (Fsp3) is 0.636. The Labute approximate surface area is 169 Å². The van der Waals surface area contributed by atoms with E-state index in [1.165, 1.54) is 17.5 Å². The minimum Gasteiger partial charge on any atom is -0.370 e. The summed E-state index contributed by atoms with van der Waals surface area (Å²) in [5, 5.41) is 3.32. The van der Waals surface area contributed by atoms with Crippen molar-refractivity contribution in [2.75, 3.05) is 44.6 Å². The summed E-state index contributed by atoms with van der Waals surface area (Å²) in [5.41, 5.74) is 9.80. The molecule has 6 nitrogen and oxygen atoms in total. The lowest BCUT2D eigenvalue weighted by Crippen LogP contribution is -2.51. The number of piperazine rings is 1. The largest absolute Gasteiger partial charge is 0.370 e. The van der Waals surface area contributed by atoms with Gasteiger partial charge in [0.1, 0.15) is 0 Å². The van der Waals surface area contributed by atoms with Gasteiger partial charge < -0.3 is 16.0 Å². The lowest BCUT2D eigenvalue weighted by Gasteiger charge is -2.38. The topological polar surface area (TPSA) is 74.0 Å². The second-order valence-corrected chi connectivity index (χ2v) is 7.85. The van der Waals surface area contributed by atoms with Gasteiger partial charge in [0.25, 0.3) is 0 Å². The molecule has 0 bridgehead atoms. The molecule has 2 fully saturated rings. The van der Waals surface area contributed by atoms with Crippen LogP contribution in [0.5, 0.6) is 0 Å². The first-order valence-electron chi connectivity index (χ1n) is 10.8. The van der Waals surface area contributed by atoms with Crippen LogP contribution in [0.2, 0.25) is 0 Å². The van der Waals surface area contributed by atoms with E-state index in [2.05, 4.69) is 47.3 Å². The van der Waals surface area contributed by atoms with Crippen LogP contribution in [0, 0.1) is 5.92 Å². The average molecular weight is 386 g/mol. The number of nitrogens with two attached hydrogens (primary N) is 1. The van der Waals surface area contributed by atoms with Gasteiger partial charge in [-0.05, 0) is 36.8 Å². The fourth-order valence-electron chi connectivity index (χ4n) is 3.99. The number of aryl methyl sites for hydroxylation is 2. The Morgan fingerprint density at radius 2 is 1.79 bits per heavy atom. The second kappa shape index (κ2) is 9.92. The number of hydrogen-bond donors (Lipinski definition) is 2. The lowest BCUT2D eigenvalue weighted by molar-refractivity contribution is -0.139. The normalized spacial score (nSPS) is 18.8. The number of nitrogens with zero attached hydrogens (tertiary/aromatic N) is 3. The number of para-hydroxylation sites is 1. The molecule has 1 aromatic rings. The van der Waals surface area contributed by atoms with Crippen molar-refractivity contribution < 1.29 is 4.79 Å². The average Bonchev–Trinajstić information content (AvgIpc) is 2.67. The lowest BCUT2D eigenvalue weighted by atomic mass is 9.84. The first-order chi connectivity index (χ1) is 13.6. The summed E-state index contributed by atoms with van der Waals surface area (Å²) in [7, 11) is 0. The molecular formula is C22H35N5O. The molecule has 1 heterocycles. The minimum absolute atomic E-state index is 0.307. The molecule has 3 rings (SSSR count). The van der Waals surface area contributed by atoms with Gasteiger partial charge in [0.2, 0.25) is 5.91 Å². The summed E-state index contributed by atoms with van der Waals surface area (Å²) in [4.78, 5) is 21.3. The summed E-state index contributed by atoms with van der Waals surface area (Å²) >= 11 is 0. The van der Waals surface area contributed by atoms with Gasteiger partial charge in [-0.25, -0.2) is 0 Å². The van der Waals surface area contributed by atoms with E-state index in [-0.39, 0.29) is 0 Å². The van der Waals surface area contributed by atoms with Gasteiger partial charge in [-0.2, -0.15) is 0 Å². The van der Waals surface area contributed by atoms with Crippen LogP contribution in [0.1, 0.15) is 44.2 Å². The Balaban J connectivity index is 1.44. The predicted octanol–water partition coefficient (Wildman–Crippen LogP) is 2.48. The van der Waals surface area contributed by atoms with Crippen LogP contribution in [0.25, 0.3) is 0 Å². The van der Waals surface area contributed by atoms with E-state index < -0.39 is 0 Å². The highest BCUT2D eigenvalue weighted by Crippen LogP contribution is 2.28. The quantitative estimate of drug-likeness (QED) is 0.559. The van der Waals surface area contributed by atoms with Crippen LogP contribution in [-0.4, -0.2) is 60.9 Å². The molecule has 3 N–H and O–H groups in total. The standard InChI is InChI=1S/C22H35N5O/c1-3-17-7-5-8-18(4-2)20(17)25-22(23)24-11-12-26-13-15-27(16-14-26)21(28)19-9-6-10-19/h5,7-8,19H,3-4,6,9-16H2,1-2H3,(H3,23,24,25). The third-order valence-electron chi connectivity index (χ3n) is 6.09. The molecule has 6 heteroatoms. The number of nitrogens with one attached hydrogen (secondary N) is 1. The Morgan fingerprint density at radius 1 is 1.14 bits per heavy atom. The first-order valence-corrected chi connectivity index (χ1v) is 10.8. The second-order valence-electron chi connectivity index (χ2n) is 7.85. The fourth-order valence-corrected chi connectivity index (χ4v) is 3.99. The van der Waals surface area contributed by atoms with Crippen molar-refractivity contribution in [2.24, 2.45) is 16.6 Å². The van der Waals surface area contributed by atoms with Gasteiger partial charge in [-0.15, -0.1) is 0 Å². The summed E-state index contributed by atoms with van der Waals surface area (Å²) in [6, 6.07) is 6.38. The predicted molar refractivity (Wildman–Crippen MR) is 116 cm³/mol. The van der Waals surface area contributed by atoms with Crippen LogP contribution in [0.3, 0.4) is 0 Å². The zero-order valence-corrected chi connectivity index (χ0v) is 17.4. The molecule has 1 amide bonds. The maximum atomic E-state index is 12.3. The third kappa shape index (κ3) is 5.04. The molecule has 0 radical (unpaired) electrons. The molecule has 2 aliphatic rings. The van der Waals surface area contributed by atoms with Crippen LogP contribution >= 0.6 is 0 Å². The van der Waals surface area contributed by atoms with Gasteiger partial charge in [0.05, 0.1) is 6.54 Å². The van der Waals surface area contributed by atoms with Crippen molar-refractivity contribution in [1.82, 2.24) is 9.80 Å². The molecule has 0 unspecified atom stereocenters. The van der Waals surface area contributed by atoms with Crippen molar-refractivity contribution >= 4 is 17.6 Å². The summed E-state index contributed by atoms with van der Waals surface area (Å²) in [5.74, 6) is 1.16. The molecule has 0 atom stereocenters. The van der Waals surface area contributed by atoms with E-state index in [1.54, 1.807) is 0 Å². The Kier molecular flexibility index (Phi) is 7.31. The van der Waals surface area contributed by atoms with E-state index in [9.17, 15) is 4.79 Å². The van der Waals surface area contributed by atoms with Gasteiger partial charge >= 0.3 is 0 Å². The molecule has 1 saturated heterocycles. The summed E-state index contributed by atoms with van der Waals surface area (Å²) in [6.45, 7) is 9.41. The van der Waals surface area contributed by atoms with Crippen molar-refractivity contribution in [1.29, 1.82) is 0 Å². The van der Waals surface area contributed by atoms with E-state index in [1.807, 2.05) is 4.90 Å². The molecule has 1 aromatic carbocycles. The molecule has 0 spiro atoms. The molecule has 28 heavy (non-hydrogen) atoms. The summed E-state index contributed by atoms with van der Waals surface area (Å²) < 4.78 is 0. The maximum Gasteiger partial charge on any atom is 0.225 e. The van der Waals surface area contributed by atoms with Crippen LogP contribution in [0.4, 0.5) is 5.69 Å². The van der Waals surface area contributed by atoms with Crippen molar-refractivity contribution in [3.63, 3.8) is 0 Å². The van der Waals surface area contributed by atoms with Crippen molar-refractivity contribution in [3.8, 4) is 0 Å². The van der Waals surface area contributed by atoms with Crippen LogP contribution < -0.4 is 11.1 Å². The Bertz CT molecular complexity index is 668. The number of rotatable bonds is 7. The third-order valence-corrected chi connectivity index (χ3v) is 6.09. The SMILES string of the molecule is CCc1cccc(CC)c1NC(N)=NCCN1CCN(C(=O)C2CCC2)CC1. The number of aliphatic imine (C=N–C) groups is 1. The zero-order valence-electron chi connectivity index (χ0n) is 17.4. The highest BCUT2D eigenvalue weighted by Gasteiger charge is 2.30. The number of guanidine groups is 1. The minimum atomic E-state index is 0.307. The van der Waals surface area contributed by atoms with Crippen LogP contribution in [0.15, 0.2) is 23.2 Å². The van der Waals surface area contributed by atoms with E-state index in [0.29, 0.717) is 24.3 Å². The zero-order chi connectivity index (χ0) is 19.9.